The summed E-state index contributed by atoms with van der Waals surface area (Å²) in [6, 6.07) is 10.2. The second-order valence-electron chi connectivity index (χ2n) is 6.21. The van der Waals surface area contributed by atoms with Gasteiger partial charge in [-0.1, -0.05) is 18.2 Å². The molecule has 0 amide bonds. The van der Waals surface area contributed by atoms with E-state index in [1.807, 2.05) is 18.3 Å². The normalized spacial score (nSPS) is 15.0. The number of ether oxygens (including phenoxy) is 2. The molecule has 3 heterocycles. The highest BCUT2D eigenvalue weighted by Gasteiger charge is 2.13. The molecule has 26 heavy (non-hydrogen) atoms. The smallest absolute Gasteiger partial charge is 0.212 e. The Kier molecular flexibility index (Phi) is 4.31. The Morgan fingerprint density at radius 1 is 1.23 bits per heavy atom. The van der Waals surface area contributed by atoms with Crippen LogP contribution in [0, 0.1) is 0 Å². The summed E-state index contributed by atoms with van der Waals surface area (Å²) in [5.41, 5.74) is 4.35. The van der Waals surface area contributed by atoms with Gasteiger partial charge >= 0.3 is 0 Å². The van der Waals surface area contributed by atoms with Gasteiger partial charge in [-0.05, 0) is 42.2 Å². The molecular formula is C20H20N4O2. The Balaban J connectivity index is 1.41. The molecule has 0 saturated heterocycles. The molecule has 1 aliphatic rings. The zero-order chi connectivity index (χ0) is 17.9. The van der Waals surface area contributed by atoms with Crippen LogP contribution in [-0.2, 0) is 4.74 Å². The molecule has 1 atom stereocenters. The molecular weight excluding hydrogens is 328 g/mol. The maximum Gasteiger partial charge on any atom is 0.212 e. The van der Waals surface area contributed by atoms with E-state index in [0.29, 0.717) is 5.88 Å². The van der Waals surface area contributed by atoms with E-state index in [4.69, 9.17) is 9.47 Å². The number of fused-ring (bicyclic) bond motifs is 1. The summed E-state index contributed by atoms with van der Waals surface area (Å²) in [5, 5.41) is 11.5. The van der Waals surface area contributed by atoms with Crippen LogP contribution in [0.2, 0.25) is 0 Å². The van der Waals surface area contributed by atoms with Crippen molar-refractivity contribution in [1.29, 1.82) is 0 Å². The van der Waals surface area contributed by atoms with Crippen LogP contribution in [0.1, 0.15) is 30.5 Å². The van der Waals surface area contributed by atoms with Gasteiger partial charge in [0.1, 0.15) is 0 Å². The van der Waals surface area contributed by atoms with E-state index in [0.717, 1.165) is 39.9 Å². The van der Waals surface area contributed by atoms with Crippen LogP contribution >= 0.6 is 0 Å². The molecule has 4 rings (SSSR count). The van der Waals surface area contributed by atoms with Gasteiger partial charge in [0.2, 0.25) is 5.88 Å². The van der Waals surface area contributed by atoms with Crippen LogP contribution in [0.3, 0.4) is 0 Å². The Morgan fingerprint density at radius 3 is 2.88 bits per heavy atom. The summed E-state index contributed by atoms with van der Waals surface area (Å²) >= 11 is 0. The van der Waals surface area contributed by atoms with Crippen LogP contribution < -0.4 is 10.1 Å². The fraction of sp³-hybridized carbons (Fsp3) is 0.200. The molecule has 1 aliphatic heterocycles. The van der Waals surface area contributed by atoms with Gasteiger partial charge < -0.3 is 14.8 Å². The van der Waals surface area contributed by atoms with Crippen molar-refractivity contribution in [1.82, 2.24) is 20.5 Å². The number of benzene rings is 1. The van der Waals surface area contributed by atoms with Gasteiger partial charge in [0, 0.05) is 17.6 Å². The Hall–Kier alpha value is -3.28. The van der Waals surface area contributed by atoms with Gasteiger partial charge in [0.15, 0.2) is 5.88 Å². The van der Waals surface area contributed by atoms with Gasteiger partial charge in [-0.3, -0.25) is 5.10 Å². The molecule has 0 fully saturated rings. The van der Waals surface area contributed by atoms with Crippen molar-refractivity contribution in [2.24, 2.45) is 0 Å². The second kappa shape index (κ2) is 6.92. The first-order chi connectivity index (χ1) is 12.7. The lowest BCUT2D eigenvalue weighted by molar-refractivity contribution is 0.296. The van der Waals surface area contributed by atoms with Crippen molar-refractivity contribution >= 4 is 16.5 Å². The number of aromatic nitrogens is 3. The molecule has 6 heteroatoms. The van der Waals surface area contributed by atoms with E-state index in [-0.39, 0.29) is 6.04 Å². The van der Waals surface area contributed by atoms with Crippen molar-refractivity contribution in [3.8, 4) is 5.88 Å². The van der Waals surface area contributed by atoms with Crippen LogP contribution in [-0.4, -0.2) is 22.3 Å². The third-order valence-corrected chi connectivity index (χ3v) is 4.48. The fourth-order valence-electron chi connectivity index (χ4n) is 2.91. The molecule has 2 N–H and O–H groups in total. The molecule has 3 aromatic rings. The molecule has 0 saturated carbocycles. The van der Waals surface area contributed by atoms with E-state index in [1.165, 1.54) is 0 Å². The molecule has 2 aromatic heterocycles. The van der Waals surface area contributed by atoms with Crippen LogP contribution in [0.25, 0.3) is 16.5 Å². The highest BCUT2D eigenvalue weighted by molar-refractivity contribution is 5.82. The van der Waals surface area contributed by atoms with Gasteiger partial charge in [0.05, 0.1) is 31.1 Å². The first-order valence-electron chi connectivity index (χ1n) is 8.49. The summed E-state index contributed by atoms with van der Waals surface area (Å²) in [7, 11) is 1.61. The zero-order valence-electron chi connectivity index (χ0n) is 14.7. The number of nitrogens with zero attached hydrogens (tertiary/aromatic N) is 2. The molecule has 0 bridgehead atoms. The van der Waals surface area contributed by atoms with Crippen LogP contribution in [0.4, 0.5) is 0 Å². The van der Waals surface area contributed by atoms with Crippen molar-refractivity contribution in [3.05, 3.63) is 72.1 Å². The van der Waals surface area contributed by atoms with Gasteiger partial charge in [-0.2, -0.15) is 5.10 Å². The van der Waals surface area contributed by atoms with E-state index in [9.17, 15) is 0 Å². The largest absolute Gasteiger partial charge is 0.481 e. The quantitative estimate of drug-likeness (QED) is 0.731. The van der Waals surface area contributed by atoms with E-state index in [2.05, 4.69) is 51.7 Å². The number of methoxy groups -OCH3 is 1. The summed E-state index contributed by atoms with van der Waals surface area (Å²) in [5.74, 6) is 1.36. The maximum atomic E-state index is 5.79. The van der Waals surface area contributed by atoms with E-state index >= 15 is 0 Å². The highest BCUT2D eigenvalue weighted by Crippen LogP contribution is 2.27. The molecule has 6 nitrogen and oxygen atoms in total. The lowest BCUT2D eigenvalue weighted by Gasteiger charge is -2.20. The summed E-state index contributed by atoms with van der Waals surface area (Å²) in [4.78, 5) is 4.24. The Morgan fingerprint density at radius 2 is 2.15 bits per heavy atom. The average Bonchev–Trinajstić information content (AvgIpc) is 3.16. The van der Waals surface area contributed by atoms with Crippen molar-refractivity contribution in [2.75, 3.05) is 7.11 Å². The number of aromatic amines is 1. The number of H-pyrrole nitrogens is 1. The summed E-state index contributed by atoms with van der Waals surface area (Å²) < 4.78 is 10.9. The van der Waals surface area contributed by atoms with Gasteiger partial charge in [-0.15, -0.1) is 0 Å². The monoisotopic (exact) mass is 348 g/mol. The average molecular weight is 348 g/mol. The number of allylic oxidation sites excluding steroid dienone is 2. The SMILES string of the molecule is COc1ccc([C@H](C)NC2=CCC(c3ccc4cn[nH]c4c3)=CO2)cn1. The number of pyridine rings is 1. The third-order valence-electron chi connectivity index (χ3n) is 4.48. The molecule has 1 aromatic carbocycles. The van der Waals surface area contributed by atoms with Crippen LogP contribution in [0.5, 0.6) is 5.88 Å². The second-order valence-corrected chi connectivity index (χ2v) is 6.21. The Bertz CT molecular complexity index is 973. The summed E-state index contributed by atoms with van der Waals surface area (Å²) in [6.07, 6.45) is 8.29. The number of hydrogen-bond acceptors (Lipinski definition) is 5. The Labute approximate surface area is 151 Å². The van der Waals surface area contributed by atoms with Gasteiger partial charge in [0.25, 0.3) is 0 Å². The predicted molar refractivity (Wildman–Crippen MR) is 100 cm³/mol. The lowest BCUT2D eigenvalue weighted by Crippen LogP contribution is -2.20. The minimum Gasteiger partial charge on any atom is -0.481 e. The van der Waals surface area contributed by atoms with Crippen LogP contribution in [0.15, 0.2) is 60.9 Å². The molecule has 0 aliphatic carbocycles. The topological polar surface area (TPSA) is 72.1 Å². The van der Waals surface area contributed by atoms with Crippen molar-refractivity contribution in [2.45, 2.75) is 19.4 Å². The van der Waals surface area contributed by atoms with Crippen molar-refractivity contribution < 1.29 is 9.47 Å². The summed E-state index contributed by atoms with van der Waals surface area (Å²) in [6.45, 7) is 2.07. The zero-order valence-corrected chi connectivity index (χ0v) is 14.7. The third kappa shape index (κ3) is 3.26. The first-order valence-corrected chi connectivity index (χ1v) is 8.49. The van der Waals surface area contributed by atoms with Crippen molar-refractivity contribution in [3.63, 3.8) is 0 Å². The number of hydrogen-bond donors (Lipinski definition) is 2. The fourth-order valence-corrected chi connectivity index (χ4v) is 2.91. The first kappa shape index (κ1) is 16.2. The number of nitrogens with one attached hydrogen (secondary N) is 2. The van der Waals surface area contributed by atoms with E-state index in [1.54, 1.807) is 19.6 Å². The minimum absolute atomic E-state index is 0.0796. The lowest BCUT2D eigenvalue weighted by atomic mass is 10.0. The molecule has 0 unspecified atom stereocenters. The minimum atomic E-state index is 0.0796. The molecule has 132 valence electrons. The van der Waals surface area contributed by atoms with E-state index < -0.39 is 0 Å². The number of rotatable bonds is 5. The molecule has 0 radical (unpaired) electrons. The predicted octanol–water partition coefficient (Wildman–Crippen LogP) is 3.92. The standard InChI is InChI=1S/C20H20N4O2/c1-13(15-5-7-19(25-2)21-10-15)23-20-8-6-17(12-26-20)14-3-4-16-11-22-24-18(16)9-14/h3-5,7-13,23H,6H2,1-2H3,(H,22,24)/t13-/m0/s1. The highest BCUT2D eigenvalue weighted by atomic mass is 16.5. The molecule has 0 spiro atoms. The maximum absolute atomic E-state index is 5.79. The van der Waals surface area contributed by atoms with Gasteiger partial charge in [-0.25, -0.2) is 4.98 Å².